The Bertz CT molecular complexity index is 202. The van der Waals surface area contributed by atoms with Crippen LogP contribution < -0.4 is 0 Å². The minimum atomic E-state index is -1.38. The summed E-state index contributed by atoms with van der Waals surface area (Å²) in [5.41, 5.74) is 0. The fourth-order valence-corrected chi connectivity index (χ4v) is 1.60. The Labute approximate surface area is 99.2 Å². The highest BCUT2D eigenvalue weighted by molar-refractivity contribution is 7.80. The van der Waals surface area contributed by atoms with Crippen LogP contribution in [0.2, 0.25) is 0 Å². The summed E-state index contributed by atoms with van der Waals surface area (Å²) in [5.74, 6) is 0.636. The lowest BCUT2D eigenvalue weighted by Gasteiger charge is -2.39. The number of ether oxygens (including phenoxy) is 2. The number of hydrogen-bond donors (Lipinski definition) is 5. The van der Waals surface area contributed by atoms with E-state index in [-0.39, 0.29) is 0 Å². The Morgan fingerprint density at radius 3 is 2.38 bits per heavy atom. The van der Waals surface area contributed by atoms with Crippen LogP contribution in [-0.4, -0.2) is 70.1 Å². The highest BCUT2D eigenvalue weighted by Gasteiger charge is 2.43. The summed E-state index contributed by atoms with van der Waals surface area (Å²) in [6, 6.07) is 0. The van der Waals surface area contributed by atoms with Gasteiger partial charge in [0, 0.05) is 0 Å². The predicted molar refractivity (Wildman–Crippen MR) is 58.2 cm³/mol. The first kappa shape index (κ1) is 14.2. The lowest BCUT2D eigenvalue weighted by Crippen LogP contribution is -2.59. The van der Waals surface area contributed by atoms with Crippen LogP contribution in [0.3, 0.4) is 0 Å². The van der Waals surface area contributed by atoms with E-state index in [1.165, 1.54) is 0 Å². The maximum atomic E-state index is 9.56. The molecule has 1 aliphatic heterocycles. The van der Waals surface area contributed by atoms with Crippen LogP contribution in [0.4, 0.5) is 0 Å². The molecule has 0 aliphatic carbocycles. The quantitative estimate of drug-likeness (QED) is 0.291. The van der Waals surface area contributed by atoms with E-state index in [4.69, 9.17) is 14.6 Å². The maximum absolute atomic E-state index is 9.56. The molecule has 0 bridgehead atoms. The number of thiol groups is 1. The fraction of sp³-hybridized carbons (Fsp3) is 1.00. The van der Waals surface area contributed by atoms with E-state index in [2.05, 4.69) is 12.6 Å². The van der Waals surface area contributed by atoms with E-state index in [1.54, 1.807) is 0 Å². The maximum Gasteiger partial charge on any atom is 0.186 e. The molecule has 7 heteroatoms. The molecule has 0 radical (unpaired) electrons. The van der Waals surface area contributed by atoms with E-state index in [9.17, 15) is 15.3 Å². The zero-order valence-electron chi connectivity index (χ0n) is 8.77. The van der Waals surface area contributed by atoms with E-state index >= 15 is 0 Å². The van der Waals surface area contributed by atoms with Gasteiger partial charge in [0.1, 0.15) is 24.4 Å². The molecule has 0 aromatic rings. The van der Waals surface area contributed by atoms with Gasteiger partial charge in [-0.25, -0.2) is 0 Å². The average Bonchev–Trinajstić information content (AvgIpc) is 2.29. The normalized spacial score (nSPS) is 39.9. The van der Waals surface area contributed by atoms with Gasteiger partial charge in [-0.2, -0.15) is 12.6 Å². The largest absolute Gasteiger partial charge is 0.394 e. The predicted octanol–water partition coefficient (Wildman–Crippen LogP) is -1.88. The van der Waals surface area contributed by atoms with Crippen molar-refractivity contribution in [3.63, 3.8) is 0 Å². The van der Waals surface area contributed by atoms with Crippen molar-refractivity contribution in [2.75, 3.05) is 19.0 Å². The molecular weight excluding hydrogens is 236 g/mol. The average molecular weight is 254 g/mol. The second-order valence-corrected chi connectivity index (χ2v) is 4.09. The molecule has 4 N–H and O–H groups in total. The van der Waals surface area contributed by atoms with Crippen LogP contribution in [-0.2, 0) is 9.47 Å². The van der Waals surface area contributed by atoms with Crippen molar-refractivity contribution >= 4 is 12.6 Å². The van der Waals surface area contributed by atoms with Crippen LogP contribution in [0.25, 0.3) is 0 Å². The third-order valence-corrected chi connectivity index (χ3v) is 2.75. The third kappa shape index (κ3) is 3.30. The zero-order valence-corrected chi connectivity index (χ0v) is 9.66. The van der Waals surface area contributed by atoms with Crippen molar-refractivity contribution in [1.29, 1.82) is 0 Å². The molecule has 1 rings (SSSR count). The molecule has 1 aliphatic rings. The standard InChI is InChI=1S/C9H18O6S/c10-4-5-6(11)7(12)8(13)9(15-5)14-2-1-3-16/h5-13,16H,1-4H2/t5?,6-,7?,8?,9+/m0/s1. The van der Waals surface area contributed by atoms with Crippen molar-refractivity contribution in [3.8, 4) is 0 Å². The molecule has 3 unspecified atom stereocenters. The van der Waals surface area contributed by atoms with Gasteiger partial charge in [0.15, 0.2) is 6.29 Å². The molecule has 16 heavy (non-hydrogen) atoms. The Balaban J connectivity index is 2.50. The third-order valence-electron chi connectivity index (χ3n) is 2.43. The van der Waals surface area contributed by atoms with Gasteiger partial charge in [-0.3, -0.25) is 0 Å². The summed E-state index contributed by atoms with van der Waals surface area (Å²) in [4.78, 5) is 0. The Hall–Kier alpha value is 0.110. The summed E-state index contributed by atoms with van der Waals surface area (Å²) in [7, 11) is 0. The van der Waals surface area contributed by atoms with E-state index in [0.717, 1.165) is 0 Å². The van der Waals surface area contributed by atoms with Crippen LogP contribution in [0.5, 0.6) is 0 Å². The molecule has 1 fully saturated rings. The fourth-order valence-electron chi connectivity index (χ4n) is 1.47. The van der Waals surface area contributed by atoms with E-state index in [1.807, 2.05) is 0 Å². The van der Waals surface area contributed by atoms with Gasteiger partial charge in [-0.15, -0.1) is 0 Å². The smallest absolute Gasteiger partial charge is 0.186 e. The number of rotatable bonds is 5. The first-order chi connectivity index (χ1) is 7.61. The highest BCUT2D eigenvalue weighted by Crippen LogP contribution is 2.21. The zero-order chi connectivity index (χ0) is 12.1. The molecule has 5 atom stereocenters. The Kier molecular flexibility index (Phi) is 5.98. The molecule has 0 spiro atoms. The van der Waals surface area contributed by atoms with Crippen LogP contribution >= 0.6 is 12.6 Å². The minimum Gasteiger partial charge on any atom is -0.394 e. The van der Waals surface area contributed by atoms with Crippen molar-refractivity contribution in [2.24, 2.45) is 0 Å². The molecule has 0 amide bonds. The summed E-state index contributed by atoms with van der Waals surface area (Å²) >= 11 is 4.00. The van der Waals surface area contributed by atoms with Crippen molar-refractivity contribution in [2.45, 2.75) is 37.1 Å². The summed E-state index contributed by atoms with van der Waals surface area (Å²) in [5, 5.41) is 37.4. The SMILES string of the molecule is OCC1O[C@@H](OCCCS)C(O)C(O)[C@H]1O. The second-order valence-electron chi connectivity index (χ2n) is 3.65. The van der Waals surface area contributed by atoms with Crippen LogP contribution in [0.15, 0.2) is 0 Å². The molecule has 1 saturated heterocycles. The Morgan fingerprint density at radius 2 is 1.81 bits per heavy atom. The van der Waals surface area contributed by atoms with E-state index in [0.29, 0.717) is 18.8 Å². The van der Waals surface area contributed by atoms with Crippen molar-refractivity contribution < 1.29 is 29.9 Å². The topological polar surface area (TPSA) is 99.4 Å². The lowest BCUT2D eigenvalue weighted by molar-refractivity contribution is -0.300. The van der Waals surface area contributed by atoms with Crippen molar-refractivity contribution in [1.82, 2.24) is 0 Å². The molecule has 1 heterocycles. The first-order valence-electron chi connectivity index (χ1n) is 5.14. The monoisotopic (exact) mass is 254 g/mol. The van der Waals surface area contributed by atoms with Gasteiger partial charge >= 0.3 is 0 Å². The molecular formula is C9H18O6S. The van der Waals surface area contributed by atoms with Gasteiger partial charge in [-0.05, 0) is 12.2 Å². The molecule has 96 valence electrons. The van der Waals surface area contributed by atoms with Gasteiger partial charge < -0.3 is 29.9 Å². The number of aliphatic hydroxyl groups is 4. The molecule has 0 aromatic heterocycles. The van der Waals surface area contributed by atoms with Gasteiger partial charge in [-0.1, -0.05) is 0 Å². The molecule has 0 saturated carbocycles. The first-order valence-corrected chi connectivity index (χ1v) is 5.78. The number of hydrogen-bond acceptors (Lipinski definition) is 7. The highest BCUT2D eigenvalue weighted by atomic mass is 32.1. The molecule has 0 aromatic carbocycles. The second kappa shape index (κ2) is 6.75. The number of aliphatic hydroxyl groups excluding tert-OH is 4. The lowest BCUT2D eigenvalue weighted by atomic mass is 9.99. The van der Waals surface area contributed by atoms with Gasteiger partial charge in [0.05, 0.1) is 13.2 Å². The van der Waals surface area contributed by atoms with Crippen LogP contribution in [0.1, 0.15) is 6.42 Å². The summed E-state index contributed by atoms with van der Waals surface area (Å²) < 4.78 is 10.3. The van der Waals surface area contributed by atoms with Crippen molar-refractivity contribution in [3.05, 3.63) is 0 Å². The van der Waals surface area contributed by atoms with Gasteiger partial charge in [0.2, 0.25) is 0 Å². The summed E-state index contributed by atoms with van der Waals surface area (Å²) in [6.07, 6.45) is -5.32. The molecule has 6 nitrogen and oxygen atoms in total. The minimum absolute atomic E-state index is 0.326. The van der Waals surface area contributed by atoms with E-state index < -0.39 is 37.3 Å². The Morgan fingerprint density at radius 1 is 1.12 bits per heavy atom. The van der Waals surface area contributed by atoms with Crippen LogP contribution in [0, 0.1) is 0 Å². The van der Waals surface area contributed by atoms with Gasteiger partial charge in [0.25, 0.3) is 0 Å². The summed E-state index contributed by atoms with van der Waals surface area (Å²) in [6.45, 7) is -0.121.